The van der Waals surface area contributed by atoms with Crippen molar-refractivity contribution in [1.82, 2.24) is 24.4 Å². The summed E-state index contributed by atoms with van der Waals surface area (Å²) in [6.07, 6.45) is 3.06. The van der Waals surface area contributed by atoms with Crippen LogP contribution in [0.15, 0.2) is 48.8 Å². The Bertz CT molecular complexity index is 1180. The fourth-order valence-corrected chi connectivity index (χ4v) is 3.75. The number of para-hydroxylation sites is 1. The summed E-state index contributed by atoms with van der Waals surface area (Å²) in [5.74, 6) is 1.94. The molecule has 0 spiro atoms. The molecular formula is C20H21N7O2. The molecule has 4 aromatic rings. The van der Waals surface area contributed by atoms with Gasteiger partial charge < -0.3 is 20.9 Å². The average molecular weight is 391 g/mol. The van der Waals surface area contributed by atoms with Gasteiger partial charge in [0.15, 0.2) is 11.9 Å². The van der Waals surface area contributed by atoms with Gasteiger partial charge in [0.1, 0.15) is 17.4 Å². The van der Waals surface area contributed by atoms with Crippen LogP contribution in [0.5, 0.6) is 5.75 Å². The maximum absolute atomic E-state index is 10.9. The van der Waals surface area contributed by atoms with Crippen LogP contribution in [0.25, 0.3) is 5.65 Å². The number of rotatable bonds is 4. The van der Waals surface area contributed by atoms with Gasteiger partial charge >= 0.3 is 0 Å². The number of hydrogen-bond acceptors (Lipinski definition) is 7. The van der Waals surface area contributed by atoms with Crippen molar-refractivity contribution in [2.45, 2.75) is 25.6 Å². The summed E-state index contributed by atoms with van der Waals surface area (Å²) in [5, 5.41) is 22.9. The van der Waals surface area contributed by atoms with E-state index < -0.39 is 6.23 Å². The maximum atomic E-state index is 10.9. The van der Waals surface area contributed by atoms with Crippen LogP contribution in [0.4, 0.5) is 11.6 Å². The molecule has 9 heteroatoms. The zero-order valence-electron chi connectivity index (χ0n) is 15.9. The minimum absolute atomic E-state index is 0.0148. The van der Waals surface area contributed by atoms with E-state index in [2.05, 4.69) is 20.5 Å². The van der Waals surface area contributed by atoms with Crippen molar-refractivity contribution in [3.63, 3.8) is 0 Å². The first-order valence-corrected chi connectivity index (χ1v) is 9.42. The Morgan fingerprint density at radius 1 is 1.31 bits per heavy atom. The topological polar surface area (TPSA) is 116 Å². The normalized spacial score (nSPS) is 17.0. The van der Waals surface area contributed by atoms with E-state index in [1.165, 1.54) is 0 Å². The van der Waals surface area contributed by atoms with Crippen LogP contribution in [0, 0.1) is 6.92 Å². The molecule has 0 bridgehead atoms. The van der Waals surface area contributed by atoms with Crippen molar-refractivity contribution in [3.8, 4) is 5.75 Å². The molecule has 0 amide bonds. The van der Waals surface area contributed by atoms with Crippen LogP contribution in [0.3, 0.4) is 0 Å². The molecule has 4 heterocycles. The van der Waals surface area contributed by atoms with Gasteiger partial charge in [0.25, 0.3) is 0 Å². The van der Waals surface area contributed by atoms with Gasteiger partial charge in [-0.05, 0) is 19.1 Å². The number of benzene rings is 1. The number of aliphatic hydroxyl groups excluding tert-OH is 1. The SMILES string of the molecule is Cc1cc(NC(O)c2cnn3ccc(N)nc23)n(C2CCOc3ccccc32)n1. The predicted molar refractivity (Wildman–Crippen MR) is 108 cm³/mol. The van der Waals surface area contributed by atoms with E-state index in [1.54, 1.807) is 23.0 Å². The summed E-state index contributed by atoms with van der Waals surface area (Å²) in [5.41, 5.74) is 8.76. The second-order valence-electron chi connectivity index (χ2n) is 7.07. The Morgan fingerprint density at radius 2 is 2.17 bits per heavy atom. The summed E-state index contributed by atoms with van der Waals surface area (Å²) in [7, 11) is 0. The molecule has 9 nitrogen and oxygen atoms in total. The molecule has 2 unspecified atom stereocenters. The molecule has 0 aliphatic carbocycles. The predicted octanol–water partition coefficient (Wildman–Crippen LogP) is 2.29. The Hall–Kier alpha value is -3.59. The van der Waals surface area contributed by atoms with E-state index in [1.807, 2.05) is 41.9 Å². The van der Waals surface area contributed by atoms with Crippen LogP contribution < -0.4 is 15.8 Å². The molecule has 5 rings (SSSR count). The minimum atomic E-state index is -1.02. The van der Waals surface area contributed by atoms with E-state index in [0.29, 0.717) is 29.5 Å². The first-order chi connectivity index (χ1) is 14.1. The van der Waals surface area contributed by atoms with Gasteiger partial charge in [-0.15, -0.1) is 0 Å². The second-order valence-corrected chi connectivity index (χ2v) is 7.07. The maximum Gasteiger partial charge on any atom is 0.165 e. The van der Waals surface area contributed by atoms with Gasteiger partial charge in [-0.2, -0.15) is 10.2 Å². The lowest BCUT2D eigenvalue weighted by atomic mass is 10.0. The van der Waals surface area contributed by atoms with Crippen LogP contribution >= 0.6 is 0 Å². The smallest absolute Gasteiger partial charge is 0.165 e. The number of nitrogens with two attached hydrogens (primary N) is 1. The van der Waals surface area contributed by atoms with E-state index in [4.69, 9.17) is 10.5 Å². The number of fused-ring (bicyclic) bond motifs is 2. The summed E-state index contributed by atoms with van der Waals surface area (Å²) in [6.45, 7) is 2.54. The van der Waals surface area contributed by atoms with Crippen LogP contribution in [0.2, 0.25) is 0 Å². The third kappa shape index (κ3) is 3.05. The van der Waals surface area contributed by atoms with Crippen molar-refractivity contribution in [2.75, 3.05) is 17.7 Å². The Balaban J connectivity index is 1.49. The number of aliphatic hydroxyl groups is 1. The highest BCUT2D eigenvalue weighted by Gasteiger charge is 2.26. The zero-order valence-corrected chi connectivity index (χ0v) is 15.9. The summed E-state index contributed by atoms with van der Waals surface area (Å²) in [6, 6.07) is 11.6. The summed E-state index contributed by atoms with van der Waals surface area (Å²) >= 11 is 0. The molecule has 1 aliphatic heterocycles. The van der Waals surface area contributed by atoms with E-state index in [9.17, 15) is 5.11 Å². The Morgan fingerprint density at radius 3 is 3.07 bits per heavy atom. The molecule has 0 radical (unpaired) electrons. The standard InChI is InChI=1S/C20H21N7O2/c1-12-10-18(24-20(28)14-11-22-26-8-6-17(21)23-19(14)26)27(25-12)15-7-9-29-16-5-3-2-4-13(15)16/h2-6,8,10-11,15,20,24,28H,7,9H2,1H3,(H2,21,23). The lowest BCUT2D eigenvalue weighted by Gasteiger charge is -2.28. The first kappa shape index (κ1) is 17.5. The van der Waals surface area contributed by atoms with Gasteiger partial charge in [0.05, 0.1) is 30.1 Å². The summed E-state index contributed by atoms with van der Waals surface area (Å²) in [4.78, 5) is 4.28. The number of hydrogen-bond donors (Lipinski definition) is 3. The number of anilines is 2. The fraction of sp³-hybridized carbons (Fsp3) is 0.250. The molecule has 0 saturated carbocycles. The zero-order chi connectivity index (χ0) is 20.0. The quantitative estimate of drug-likeness (QED) is 0.457. The second kappa shape index (κ2) is 6.78. The molecule has 4 N–H and O–H groups in total. The molecule has 2 atom stereocenters. The molecule has 1 aromatic carbocycles. The van der Waals surface area contributed by atoms with Gasteiger partial charge in [-0.1, -0.05) is 18.2 Å². The minimum Gasteiger partial charge on any atom is -0.493 e. The third-order valence-electron chi connectivity index (χ3n) is 5.08. The highest BCUT2D eigenvalue weighted by Crippen LogP contribution is 2.36. The lowest BCUT2D eigenvalue weighted by Crippen LogP contribution is -2.23. The lowest BCUT2D eigenvalue weighted by molar-refractivity contribution is 0.206. The first-order valence-electron chi connectivity index (χ1n) is 9.42. The summed E-state index contributed by atoms with van der Waals surface area (Å²) < 4.78 is 9.27. The van der Waals surface area contributed by atoms with E-state index >= 15 is 0 Å². The van der Waals surface area contributed by atoms with Crippen LogP contribution in [-0.2, 0) is 0 Å². The monoisotopic (exact) mass is 391 g/mol. The van der Waals surface area contributed by atoms with Crippen molar-refractivity contribution < 1.29 is 9.84 Å². The molecule has 0 saturated heterocycles. The largest absolute Gasteiger partial charge is 0.493 e. The van der Waals surface area contributed by atoms with Gasteiger partial charge in [-0.3, -0.25) is 0 Å². The van der Waals surface area contributed by atoms with Gasteiger partial charge in [-0.25, -0.2) is 14.2 Å². The van der Waals surface area contributed by atoms with Crippen LogP contribution in [0.1, 0.15) is 35.5 Å². The number of nitrogens with zero attached hydrogens (tertiary/aromatic N) is 5. The highest BCUT2D eigenvalue weighted by atomic mass is 16.5. The molecule has 0 fully saturated rings. The van der Waals surface area contributed by atoms with Gasteiger partial charge in [0.2, 0.25) is 0 Å². The van der Waals surface area contributed by atoms with Gasteiger partial charge in [0, 0.05) is 24.2 Å². The fourth-order valence-electron chi connectivity index (χ4n) is 3.75. The molecule has 3 aromatic heterocycles. The van der Waals surface area contributed by atoms with E-state index in [0.717, 1.165) is 23.4 Å². The molecular weight excluding hydrogens is 370 g/mol. The third-order valence-corrected chi connectivity index (χ3v) is 5.08. The average Bonchev–Trinajstić information content (AvgIpc) is 3.30. The van der Waals surface area contributed by atoms with E-state index in [-0.39, 0.29) is 6.04 Å². The van der Waals surface area contributed by atoms with Crippen molar-refractivity contribution >= 4 is 17.3 Å². The molecule has 29 heavy (non-hydrogen) atoms. The molecule has 148 valence electrons. The van der Waals surface area contributed by atoms with Crippen LogP contribution in [-0.4, -0.2) is 36.1 Å². The number of nitrogen functional groups attached to an aromatic ring is 1. The number of aromatic nitrogens is 5. The van der Waals surface area contributed by atoms with Crippen molar-refractivity contribution in [1.29, 1.82) is 0 Å². The number of nitrogens with one attached hydrogen (secondary N) is 1. The molecule has 1 aliphatic rings. The number of ether oxygens (including phenoxy) is 1. The Labute approximate surface area is 166 Å². The Kier molecular flexibility index (Phi) is 4.09. The van der Waals surface area contributed by atoms with Crippen molar-refractivity contribution in [3.05, 3.63) is 65.6 Å². The number of aryl methyl sites for hydroxylation is 1. The van der Waals surface area contributed by atoms with Crippen molar-refractivity contribution in [2.24, 2.45) is 0 Å². The highest BCUT2D eigenvalue weighted by molar-refractivity contribution is 5.53.